The highest BCUT2D eigenvalue weighted by Crippen LogP contribution is 2.45. The van der Waals surface area contributed by atoms with E-state index in [1.54, 1.807) is 5.57 Å². The van der Waals surface area contributed by atoms with Crippen LogP contribution in [0, 0.1) is 5.92 Å². The third-order valence-electron chi connectivity index (χ3n) is 6.00. The molecule has 0 N–H and O–H groups in total. The van der Waals surface area contributed by atoms with E-state index in [9.17, 15) is 0 Å². The number of halogens is 1. The molecule has 2 aliphatic rings. The third kappa shape index (κ3) is 2.57. The predicted octanol–water partition coefficient (Wildman–Crippen LogP) is 7.29. The Hall–Kier alpha value is -2.12. The minimum Gasteiger partial charge on any atom is -0.0761 e. The van der Waals surface area contributed by atoms with E-state index >= 15 is 0 Å². The van der Waals surface area contributed by atoms with Gasteiger partial charge in [-0.3, -0.25) is 0 Å². The second-order valence-electron chi connectivity index (χ2n) is 7.58. The zero-order chi connectivity index (χ0) is 17.7. The summed E-state index contributed by atoms with van der Waals surface area (Å²) >= 11 is 3.65. The Labute approximate surface area is 163 Å². The van der Waals surface area contributed by atoms with Gasteiger partial charge >= 0.3 is 0 Å². The molecule has 0 nitrogen and oxygen atoms in total. The maximum Gasteiger partial charge on any atom is 0.0181 e. The molecule has 26 heavy (non-hydrogen) atoms. The van der Waals surface area contributed by atoms with Crippen molar-refractivity contribution in [1.29, 1.82) is 0 Å². The van der Waals surface area contributed by atoms with Crippen molar-refractivity contribution >= 4 is 32.3 Å². The van der Waals surface area contributed by atoms with Crippen molar-refractivity contribution in [2.45, 2.75) is 25.7 Å². The molecular weight excluding hydrogens is 380 g/mol. The first-order valence-corrected chi connectivity index (χ1v) is 10.2. The van der Waals surface area contributed by atoms with Gasteiger partial charge in [0.1, 0.15) is 0 Å². The normalized spacial score (nSPS) is 21.6. The van der Waals surface area contributed by atoms with Crippen LogP contribution >= 0.6 is 15.9 Å². The van der Waals surface area contributed by atoms with Crippen molar-refractivity contribution < 1.29 is 0 Å². The lowest BCUT2D eigenvalue weighted by molar-refractivity contribution is 0.614. The molecule has 128 valence electrons. The molecule has 1 heteroatoms. The van der Waals surface area contributed by atoms with Gasteiger partial charge in [0.05, 0.1) is 0 Å². The average Bonchev–Trinajstić information content (AvgIpc) is 2.68. The van der Waals surface area contributed by atoms with Crippen molar-refractivity contribution in [1.82, 2.24) is 0 Å². The van der Waals surface area contributed by atoms with Gasteiger partial charge in [0.15, 0.2) is 0 Å². The first-order valence-electron chi connectivity index (χ1n) is 9.38. The SMILES string of the molecule is CC1Cc2c(ccc3ccc(Br)cc23)C2=C1CC(c1ccccc1)C=C2. The highest BCUT2D eigenvalue weighted by molar-refractivity contribution is 9.10. The molecule has 0 aromatic heterocycles. The molecule has 0 bridgehead atoms. The molecule has 0 heterocycles. The molecule has 0 saturated carbocycles. The Kier molecular flexibility index (Phi) is 3.86. The van der Waals surface area contributed by atoms with Gasteiger partial charge in [-0.15, -0.1) is 0 Å². The summed E-state index contributed by atoms with van der Waals surface area (Å²) in [5, 5.41) is 2.74. The highest BCUT2D eigenvalue weighted by Gasteiger charge is 2.28. The quantitative estimate of drug-likeness (QED) is 0.402. The highest BCUT2D eigenvalue weighted by atomic mass is 79.9. The van der Waals surface area contributed by atoms with Crippen LogP contribution in [0.5, 0.6) is 0 Å². The molecule has 0 spiro atoms. The summed E-state index contributed by atoms with van der Waals surface area (Å²) in [5.74, 6) is 1.10. The van der Waals surface area contributed by atoms with Crippen molar-refractivity contribution in [3.8, 4) is 0 Å². The molecule has 0 saturated heterocycles. The first-order chi connectivity index (χ1) is 12.7. The smallest absolute Gasteiger partial charge is 0.0181 e. The molecule has 0 amide bonds. The summed E-state index contributed by atoms with van der Waals surface area (Å²) in [6.45, 7) is 2.40. The van der Waals surface area contributed by atoms with Gasteiger partial charge in [0.2, 0.25) is 0 Å². The van der Waals surface area contributed by atoms with Gasteiger partial charge in [0.25, 0.3) is 0 Å². The van der Waals surface area contributed by atoms with Crippen molar-refractivity contribution in [2.24, 2.45) is 5.92 Å². The fourth-order valence-electron chi connectivity index (χ4n) is 4.65. The Bertz CT molecular complexity index is 1060. The van der Waals surface area contributed by atoms with Crippen LogP contribution < -0.4 is 0 Å². The summed E-state index contributed by atoms with van der Waals surface area (Å²) in [7, 11) is 0. The minimum atomic E-state index is 0.508. The molecule has 0 radical (unpaired) electrons. The summed E-state index contributed by atoms with van der Waals surface area (Å²) in [6, 6.07) is 22.2. The predicted molar refractivity (Wildman–Crippen MR) is 114 cm³/mol. The third-order valence-corrected chi connectivity index (χ3v) is 6.49. The van der Waals surface area contributed by atoms with Crippen LogP contribution in [0.25, 0.3) is 16.3 Å². The van der Waals surface area contributed by atoms with E-state index in [4.69, 9.17) is 0 Å². The zero-order valence-electron chi connectivity index (χ0n) is 14.9. The summed E-state index contributed by atoms with van der Waals surface area (Å²) in [6.07, 6.45) is 7.07. The maximum atomic E-state index is 3.65. The Balaban J connectivity index is 1.62. The number of hydrogen-bond acceptors (Lipinski definition) is 0. The van der Waals surface area contributed by atoms with Gasteiger partial charge in [-0.25, -0.2) is 0 Å². The van der Waals surface area contributed by atoms with Crippen molar-refractivity contribution in [2.75, 3.05) is 0 Å². The molecular formula is C25H21Br. The van der Waals surface area contributed by atoms with Crippen LogP contribution in [0.1, 0.15) is 36.0 Å². The van der Waals surface area contributed by atoms with E-state index in [0.717, 1.165) is 17.3 Å². The molecule has 2 unspecified atom stereocenters. The summed E-state index contributed by atoms with van der Waals surface area (Å²) < 4.78 is 1.16. The standard InChI is InChI=1S/C25H21Br/c1-16-13-25-22(11-8-18-7-10-20(26)15-24(18)25)21-12-9-19(14-23(16)21)17-5-3-2-4-6-17/h2-12,15-16,19H,13-14H2,1H3. The van der Waals surface area contributed by atoms with Crippen LogP contribution in [0.3, 0.4) is 0 Å². The number of hydrogen-bond donors (Lipinski definition) is 0. The monoisotopic (exact) mass is 400 g/mol. The lowest BCUT2D eigenvalue weighted by atomic mass is 9.71. The number of rotatable bonds is 1. The first kappa shape index (κ1) is 16.1. The van der Waals surface area contributed by atoms with Crippen LogP contribution in [-0.2, 0) is 6.42 Å². The van der Waals surface area contributed by atoms with E-state index in [-0.39, 0.29) is 0 Å². The molecule has 3 aromatic carbocycles. The second-order valence-corrected chi connectivity index (χ2v) is 8.50. The Morgan fingerprint density at radius 3 is 2.58 bits per heavy atom. The maximum absolute atomic E-state index is 3.65. The molecule has 0 fully saturated rings. The largest absolute Gasteiger partial charge is 0.0761 e. The molecule has 2 aliphatic carbocycles. The van der Waals surface area contributed by atoms with E-state index < -0.39 is 0 Å². The van der Waals surface area contributed by atoms with E-state index in [0.29, 0.717) is 11.8 Å². The molecule has 0 aliphatic heterocycles. The number of benzene rings is 3. The zero-order valence-corrected chi connectivity index (χ0v) is 16.5. The van der Waals surface area contributed by atoms with E-state index in [2.05, 4.69) is 95.7 Å². The minimum absolute atomic E-state index is 0.508. The topological polar surface area (TPSA) is 0 Å². The second kappa shape index (κ2) is 6.25. The van der Waals surface area contributed by atoms with Crippen LogP contribution in [0.2, 0.25) is 0 Å². The van der Waals surface area contributed by atoms with Gasteiger partial charge in [-0.2, -0.15) is 0 Å². The Morgan fingerprint density at radius 1 is 0.923 bits per heavy atom. The lowest BCUT2D eigenvalue weighted by Crippen LogP contribution is -2.18. The summed E-state index contributed by atoms with van der Waals surface area (Å²) in [5.41, 5.74) is 7.47. The lowest BCUT2D eigenvalue weighted by Gasteiger charge is -2.33. The van der Waals surface area contributed by atoms with Gasteiger partial charge < -0.3 is 0 Å². The fraction of sp³-hybridized carbons (Fsp3) is 0.200. The average molecular weight is 401 g/mol. The number of fused-ring (bicyclic) bond motifs is 4. The molecule has 3 aromatic rings. The van der Waals surface area contributed by atoms with Crippen LogP contribution in [-0.4, -0.2) is 0 Å². The van der Waals surface area contributed by atoms with Crippen molar-refractivity contribution in [3.63, 3.8) is 0 Å². The van der Waals surface area contributed by atoms with E-state index in [1.807, 2.05) is 0 Å². The Morgan fingerprint density at radius 2 is 1.73 bits per heavy atom. The van der Waals surface area contributed by atoms with Gasteiger partial charge in [-0.05, 0) is 63.9 Å². The fourth-order valence-corrected chi connectivity index (χ4v) is 5.01. The van der Waals surface area contributed by atoms with Crippen LogP contribution in [0.4, 0.5) is 0 Å². The number of allylic oxidation sites excluding steroid dienone is 4. The van der Waals surface area contributed by atoms with Gasteiger partial charge in [-0.1, -0.05) is 89.1 Å². The summed E-state index contributed by atoms with van der Waals surface area (Å²) in [4.78, 5) is 0. The van der Waals surface area contributed by atoms with Crippen molar-refractivity contribution in [3.05, 3.63) is 99.6 Å². The van der Waals surface area contributed by atoms with Crippen LogP contribution in [0.15, 0.2) is 82.9 Å². The molecule has 5 rings (SSSR count). The van der Waals surface area contributed by atoms with Gasteiger partial charge in [0, 0.05) is 10.4 Å². The van der Waals surface area contributed by atoms with E-state index in [1.165, 1.54) is 33.0 Å². The molecule has 2 atom stereocenters.